The van der Waals surface area contributed by atoms with Crippen molar-refractivity contribution in [2.24, 2.45) is 0 Å². The number of carbonyl (C=O) groups is 1. The Labute approximate surface area is 108 Å². The van der Waals surface area contributed by atoms with Gasteiger partial charge in [0.2, 0.25) is 0 Å². The quantitative estimate of drug-likeness (QED) is 0.786. The van der Waals surface area contributed by atoms with Gasteiger partial charge in [0.1, 0.15) is 5.82 Å². The lowest BCUT2D eigenvalue weighted by Crippen LogP contribution is -2.16. The highest BCUT2D eigenvalue weighted by Gasteiger charge is 2.07. The third-order valence-electron chi connectivity index (χ3n) is 3.01. The van der Waals surface area contributed by atoms with Crippen molar-refractivity contribution >= 4 is 17.0 Å². The zero-order chi connectivity index (χ0) is 13.8. The van der Waals surface area contributed by atoms with Crippen molar-refractivity contribution in [1.82, 2.24) is 9.55 Å². The molecule has 1 aromatic heterocycles. The summed E-state index contributed by atoms with van der Waals surface area (Å²) in [5, 5.41) is 8.51. The van der Waals surface area contributed by atoms with Gasteiger partial charge >= 0.3 is 11.7 Å². The number of hydrogen-bond acceptors (Lipinski definition) is 2. The molecule has 0 atom stereocenters. The Bertz CT molecular complexity index is 645. The molecule has 2 N–H and O–H groups in total. The van der Waals surface area contributed by atoms with Gasteiger partial charge in [-0.25, -0.2) is 9.18 Å². The van der Waals surface area contributed by atoms with Gasteiger partial charge in [0.25, 0.3) is 0 Å². The molecule has 0 aliphatic carbocycles. The molecule has 102 valence electrons. The van der Waals surface area contributed by atoms with Crippen LogP contribution in [0.1, 0.15) is 25.7 Å². The minimum atomic E-state index is -0.806. The lowest BCUT2D eigenvalue weighted by molar-refractivity contribution is -0.137. The van der Waals surface area contributed by atoms with Gasteiger partial charge in [0.15, 0.2) is 0 Å². The summed E-state index contributed by atoms with van der Waals surface area (Å²) in [4.78, 5) is 24.7. The summed E-state index contributed by atoms with van der Waals surface area (Å²) in [5.41, 5.74) is 0.888. The van der Waals surface area contributed by atoms with Gasteiger partial charge in [0, 0.05) is 13.0 Å². The van der Waals surface area contributed by atoms with Gasteiger partial charge in [0.05, 0.1) is 11.0 Å². The highest BCUT2D eigenvalue weighted by Crippen LogP contribution is 2.13. The number of aromatic nitrogens is 2. The monoisotopic (exact) mass is 266 g/mol. The number of aromatic amines is 1. The topological polar surface area (TPSA) is 75.1 Å². The predicted molar refractivity (Wildman–Crippen MR) is 68.6 cm³/mol. The van der Waals surface area contributed by atoms with Crippen molar-refractivity contribution in [2.45, 2.75) is 32.2 Å². The van der Waals surface area contributed by atoms with Crippen LogP contribution in [0.2, 0.25) is 0 Å². The molecule has 6 heteroatoms. The maximum atomic E-state index is 13.0. The Morgan fingerprint density at radius 1 is 1.32 bits per heavy atom. The third kappa shape index (κ3) is 3.21. The highest BCUT2D eigenvalue weighted by atomic mass is 19.1. The summed E-state index contributed by atoms with van der Waals surface area (Å²) in [7, 11) is 0. The normalized spacial score (nSPS) is 11.0. The summed E-state index contributed by atoms with van der Waals surface area (Å²) >= 11 is 0. The summed E-state index contributed by atoms with van der Waals surface area (Å²) in [6.45, 7) is 0.504. The van der Waals surface area contributed by atoms with Gasteiger partial charge in [-0.1, -0.05) is 6.42 Å². The van der Waals surface area contributed by atoms with Crippen LogP contribution in [0.3, 0.4) is 0 Å². The Kier molecular flexibility index (Phi) is 3.99. The predicted octanol–water partition coefficient (Wildman–Crippen LogP) is 2.11. The molecular formula is C13H15FN2O3. The molecule has 0 saturated heterocycles. The molecule has 5 nitrogen and oxygen atoms in total. The summed E-state index contributed by atoms with van der Waals surface area (Å²) in [6.07, 6.45) is 2.21. The number of fused-ring (bicyclic) bond motifs is 1. The van der Waals surface area contributed by atoms with Crippen LogP contribution in [-0.2, 0) is 11.3 Å². The van der Waals surface area contributed by atoms with Crippen LogP contribution in [0.5, 0.6) is 0 Å². The van der Waals surface area contributed by atoms with E-state index in [9.17, 15) is 14.0 Å². The van der Waals surface area contributed by atoms with Gasteiger partial charge in [-0.05, 0) is 31.0 Å². The van der Waals surface area contributed by atoms with E-state index in [1.165, 1.54) is 12.1 Å². The lowest BCUT2D eigenvalue weighted by Gasteiger charge is -2.02. The molecule has 2 rings (SSSR count). The highest BCUT2D eigenvalue weighted by molar-refractivity contribution is 5.75. The number of halogens is 1. The molecule has 1 heterocycles. The number of nitrogens with one attached hydrogen (secondary N) is 1. The Morgan fingerprint density at radius 2 is 2.11 bits per heavy atom. The van der Waals surface area contributed by atoms with Crippen LogP contribution in [-0.4, -0.2) is 20.6 Å². The van der Waals surface area contributed by atoms with Crippen molar-refractivity contribution < 1.29 is 14.3 Å². The Hall–Kier alpha value is -2.11. The number of H-pyrrole nitrogens is 1. The van der Waals surface area contributed by atoms with E-state index in [0.29, 0.717) is 24.0 Å². The maximum absolute atomic E-state index is 13.0. The molecule has 0 saturated carbocycles. The molecule has 0 spiro atoms. The van der Waals surface area contributed by atoms with Crippen molar-refractivity contribution in [2.75, 3.05) is 0 Å². The molecule has 1 aromatic carbocycles. The van der Waals surface area contributed by atoms with Crippen LogP contribution < -0.4 is 5.69 Å². The molecule has 2 aromatic rings. The van der Waals surface area contributed by atoms with E-state index < -0.39 is 5.97 Å². The number of aryl methyl sites for hydroxylation is 1. The summed E-state index contributed by atoms with van der Waals surface area (Å²) in [5.74, 6) is -1.19. The SMILES string of the molecule is O=C(O)CCCCCn1c(=O)[nH]c2cc(F)ccc21. The number of nitrogens with zero attached hydrogens (tertiary/aromatic N) is 1. The fourth-order valence-electron chi connectivity index (χ4n) is 2.08. The molecule has 0 aliphatic heterocycles. The van der Waals surface area contributed by atoms with Crippen molar-refractivity contribution in [3.63, 3.8) is 0 Å². The number of benzene rings is 1. The van der Waals surface area contributed by atoms with Crippen LogP contribution in [0.4, 0.5) is 4.39 Å². The number of rotatable bonds is 6. The van der Waals surface area contributed by atoms with Gasteiger partial charge in [-0.15, -0.1) is 0 Å². The molecule has 19 heavy (non-hydrogen) atoms. The first-order chi connectivity index (χ1) is 9.08. The van der Waals surface area contributed by atoms with Gasteiger partial charge < -0.3 is 10.1 Å². The molecule has 0 amide bonds. The number of hydrogen-bond donors (Lipinski definition) is 2. The zero-order valence-electron chi connectivity index (χ0n) is 10.4. The van der Waals surface area contributed by atoms with Crippen LogP contribution in [0.15, 0.2) is 23.0 Å². The van der Waals surface area contributed by atoms with E-state index in [0.717, 1.165) is 12.8 Å². The van der Waals surface area contributed by atoms with Gasteiger partial charge in [-0.3, -0.25) is 9.36 Å². The van der Waals surface area contributed by atoms with E-state index in [2.05, 4.69) is 4.98 Å². The number of aliphatic carboxylic acids is 1. The second-order valence-corrected chi connectivity index (χ2v) is 4.45. The number of carboxylic acids is 1. The van der Waals surface area contributed by atoms with E-state index in [4.69, 9.17) is 5.11 Å². The molecule has 0 fully saturated rings. The molecule has 0 radical (unpaired) electrons. The van der Waals surface area contributed by atoms with Crippen molar-refractivity contribution in [3.8, 4) is 0 Å². The van der Waals surface area contributed by atoms with Crippen molar-refractivity contribution in [3.05, 3.63) is 34.5 Å². The zero-order valence-corrected chi connectivity index (χ0v) is 10.4. The van der Waals surface area contributed by atoms with E-state index in [1.54, 1.807) is 10.6 Å². The fraction of sp³-hybridized carbons (Fsp3) is 0.385. The fourth-order valence-corrected chi connectivity index (χ4v) is 2.08. The first-order valence-corrected chi connectivity index (χ1v) is 6.18. The largest absolute Gasteiger partial charge is 0.481 e. The van der Waals surface area contributed by atoms with Crippen LogP contribution >= 0.6 is 0 Å². The number of imidazole rings is 1. The van der Waals surface area contributed by atoms with Gasteiger partial charge in [-0.2, -0.15) is 0 Å². The maximum Gasteiger partial charge on any atom is 0.326 e. The second-order valence-electron chi connectivity index (χ2n) is 4.45. The molecule has 0 unspecified atom stereocenters. The van der Waals surface area contributed by atoms with E-state index in [1.807, 2.05) is 0 Å². The smallest absolute Gasteiger partial charge is 0.326 e. The van der Waals surface area contributed by atoms with Crippen molar-refractivity contribution in [1.29, 1.82) is 0 Å². The first-order valence-electron chi connectivity index (χ1n) is 6.18. The molecular weight excluding hydrogens is 251 g/mol. The Morgan fingerprint density at radius 3 is 2.84 bits per heavy atom. The molecule has 0 aliphatic rings. The first kappa shape index (κ1) is 13.3. The van der Waals surface area contributed by atoms with Crippen LogP contribution in [0, 0.1) is 5.82 Å². The average molecular weight is 266 g/mol. The van der Waals surface area contributed by atoms with E-state index >= 15 is 0 Å². The lowest BCUT2D eigenvalue weighted by atomic mass is 10.2. The summed E-state index contributed by atoms with van der Waals surface area (Å²) in [6, 6.07) is 4.17. The second kappa shape index (κ2) is 5.69. The number of carboxylic acid groups (broad SMARTS) is 1. The third-order valence-corrected chi connectivity index (χ3v) is 3.01. The van der Waals surface area contributed by atoms with E-state index in [-0.39, 0.29) is 17.9 Å². The van der Waals surface area contributed by atoms with Crippen LogP contribution in [0.25, 0.3) is 11.0 Å². The minimum Gasteiger partial charge on any atom is -0.481 e. The minimum absolute atomic E-state index is 0.147. The standard InChI is InChI=1S/C13H15FN2O3/c14-9-5-6-11-10(8-9)15-13(19)16(11)7-3-1-2-4-12(17)18/h5-6,8H,1-4,7H2,(H,15,19)(H,17,18). The average Bonchev–Trinajstić information content (AvgIpc) is 2.64. The summed E-state index contributed by atoms with van der Waals surface area (Å²) < 4.78 is 14.6. The Balaban J connectivity index is 2.02. The molecule has 0 bridgehead atoms. The number of unbranched alkanes of at least 4 members (excludes halogenated alkanes) is 2.